The molecule has 0 saturated heterocycles. The van der Waals surface area contributed by atoms with Gasteiger partial charge in [0.25, 0.3) is 5.91 Å². The van der Waals surface area contributed by atoms with E-state index in [0.29, 0.717) is 29.2 Å². The lowest BCUT2D eigenvalue weighted by Gasteiger charge is -2.17. The van der Waals surface area contributed by atoms with Crippen LogP contribution in [-0.2, 0) is 26.0 Å². The molecule has 1 aliphatic heterocycles. The first kappa shape index (κ1) is 22.7. The van der Waals surface area contributed by atoms with Crippen molar-refractivity contribution in [2.45, 2.75) is 19.4 Å². The Morgan fingerprint density at radius 2 is 1.77 bits per heavy atom. The van der Waals surface area contributed by atoms with Gasteiger partial charge in [0.2, 0.25) is 10.0 Å². The Balaban J connectivity index is 1.70. The summed E-state index contributed by atoms with van der Waals surface area (Å²) in [6, 6.07) is 7.43. The van der Waals surface area contributed by atoms with E-state index in [1.165, 1.54) is 29.4 Å². The molecule has 0 aromatic heterocycles. The van der Waals surface area contributed by atoms with E-state index in [-0.39, 0.29) is 21.3 Å². The SMILES string of the molecule is CC(OC(=O)c1ccc2c(c1)CCN2S(C)(=O)=O)C(=O)Nc1c(Cl)cc(Cl)cc1Cl. The molecular weight excluding hydrogens is 475 g/mol. The Morgan fingerprint density at radius 1 is 1.13 bits per heavy atom. The fraction of sp³-hybridized carbons (Fsp3) is 0.263. The maximum atomic E-state index is 12.5. The number of carbonyl (C=O) groups is 2. The summed E-state index contributed by atoms with van der Waals surface area (Å²) in [5.41, 5.74) is 1.62. The number of amides is 1. The molecule has 0 aliphatic carbocycles. The summed E-state index contributed by atoms with van der Waals surface area (Å²) in [5, 5.41) is 3.12. The summed E-state index contributed by atoms with van der Waals surface area (Å²) >= 11 is 17.9. The van der Waals surface area contributed by atoms with Gasteiger partial charge in [0.1, 0.15) is 0 Å². The minimum absolute atomic E-state index is 0.147. The number of fused-ring (bicyclic) bond motifs is 1. The van der Waals surface area contributed by atoms with E-state index < -0.39 is 28.0 Å². The van der Waals surface area contributed by atoms with Crippen LogP contribution in [0.15, 0.2) is 30.3 Å². The van der Waals surface area contributed by atoms with Crippen molar-refractivity contribution in [3.05, 3.63) is 56.5 Å². The average Bonchev–Trinajstić information content (AvgIpc) is 3.07. The molecule has 0 radical (unpaired) electrons. The van der Waals surface area contributed by atoms with Gasteiger partial charge >= 0.3 is 5.97 Å². The summed E-state index contributed by atoms with van der Waals surface area (Å²) in [4.78, 5) is 24.9. The van der Waals surface area contributed by atoms with Gasteiger partial charge in [0, 0.05) is 11.6 Å². The van der Waals surface area contributed by atoms with Crippen LogP contribution in [0.1, 0.15) is 22.8 Å². The van der Waals surface area contributed by atoms with Gasteiger partial charge in [-0.1, -0.05) is 34.8 Å². The van der Waals surface area contributed by atoms with Crippen molar-refractivity contribution in [1.82, 2.24) is 0 Å². The largest absolute Gasteiger partial charge is 0.449 e. The number of hydrogen-bond acceptors (Lipinski definition) is 5. The van der Waals surface area contributed by atoms with Gasteiger partial charge in [0.15, 0.2) is 6.10 Å². The molecule has 1 aliphatic rings. The number of rotatable bonds is 5. The first-order valence-corrected chi connectivity index (χ1v) is 11.7. The van der Waals surface area contributed by atoms with Crippen LogP contribution >= 0.6 is 34.8 Å². The van der Waals surface area contributed by atoms with Crippen LogP contribution in [0.25, 0.3) is 0 Å². The third-order valence-corrected chi connectivity index (χ3v) is 6.47. The number of sulfonamides is 1. The van der Waals surface area contributed by atoms with E-state index in [1.807, 2.05) is 0 Å². The van der Waals surface area contributed by atoms with Crippen molar-refractivity contribution in [2.24, 2.45) is 0 Å². The first-order chi connectivity index (χ1) is 14.0. The van der Waals surface area contributed by atoms with Crippen LogP contribution < -0.4 is 9.62 Å². The minimum atomic E-state index is -3.38. The molecular formula is C19H17Cl3N2O5S. The first-order valence-electron chi connectivity index (χ1n) is 8.74. The minimum Gasteiger partial charge on any atom is -0.449 e. The lowest BCUT2D eigenvalue weighted by molar-refractivity contribution is -0.123. The van der Waals surface area contributed by atoms with Crippen molar-refractivity contribution in [1.29, 1.82) is 0 Å². The number of carbonyl (C=O) groups excluding carboxylic acids is 2. The second-order valence-electron chi connectivity index (χ2n) is 6.71. The van der Waals surface area contributed by atoms with Crippen LogP contribution in [0.5, 0.6) is 0 Å². The van der Waals surface area contributed by atoms with Gasteiger partial charge in [-0.2, -0.15) is 0 Å². The van der Waals surface area contributed by atoms with E-state index in [9.17, 15) is 18.0 Å². The van der Waals surface area contributed by atoms with Crippen LogP contribution in [0.2, 0.25) is 15.1 Å². The van der Waals surface area contributed by atoms with Gasteiger partial charge in [-0.25, -0.2) is 13.2 Å². The molecule has 1 atom stereocenters. The van der Waals surface area contributed by atoms with Crippen LogP contribution in [0.3, 0.4) is 0 Å². The lowest BCUT2D eigenvalue weighted by Crippen LogP contribution is -2.30. The number of nitrogens with zero attached hydrogens (tertiary/aromatic N) is 1. The van der Waals surface area contributed by atoms with Crippen LogP contribution in [0.4, 0.5) is 11.4 Å². The molecule has 160 valence electrons. The second kappa shape index (κ2) is 8.63. The molecule has 30 heavy (non-hydrogen) atoms. The highest BCUT2D eigenvalue weighted by molar-refractivity contribution is 7.92. The number of esters is 1. The number of anilines is 2. The summed E-state index contributed by atoms with van der Waals surface area (Å²) in [6.07, 6.45) is 0.470. The van der Waals surface area contributed by atoms with Crippen molar-refractivity contribution < 1.29 is 22.7 Å². The van der Waals surface area contributed by atoms with Crippen molar-refractivity contribution in [3.63, 3.8) is 0 Å². The molecule has 0 saturated carbocycles. The molecule has 1 amide bonds. The Labute approximate surface area is 188 Å². The molecule has 2 aromatic rings. The number of ether oxygens (including phenoxy) is 1. The van der Waals surface area contributed by atoms with E-state index >= 15 is 0 Å². The van der Waals surface area contributed by atoms with Gasteiger partial charge in [0.05, 0.1) is 33.2 Å². The van der Waals surface area contributed by atoms with E-state index in [0.717, 1.165) is 6.26 Å². The predicted molar refractivity (Wildman–Crippen MR) is 117 cm³/mol. The summed E-state index contributed by atoms with van der Waals surface area (Å²) in [6.45, 7) is 1.72. The van der Waals surface area contributed by atoms with Gasteiger partial charge in [-0.3, -0.25) is 9.10 Å². The lowest BCUT2D eigenvalue weighted by atomic mass is 10.1. The highest BCUT2D eigenvalue weighted by Crippen LogP contribution is 2.34. The molecule has 0 fully saturated rings. The third kappa shape index (κ3) is 4.83. The van der Waals surface area contributed by atoms with E-state index in [1.54, 1.807) is 12.1 Å². The number of halogens is 3. The zero-order chi connectivity index (χ0) is 22.2. The monoisotopic (exact) mass is 490 g/mol. The highest BCUT2D eigenvalue weighted by atomic mass is 35.5. The Morgan fingerprint density at radius 3 is 2.37 bits per heavy atom. The fourth-order valence-corrected chi connectivity index (χ4v) is 4.88. The molecule has 0 spiro atoms. The Kier molecular flexibility index (Phi) is 6.52. The van der Waals surface area contributed by atoms with Crippen LogP contribution in [-0.4, -0.2) is 39.2 Å². The van der Waals surface area contributed by atoms with Crippen molar-refractivity contribution >= 4 is 68.1 Å². The zero-order valence-corrected chi connectivity index (χ0v) is 19.0. The smallest absolute Gasteiger partial charge is 0.338 e. The number of nitrogens with one attached hydrogen (secondary N) is 1. The average molecular weight is 492 g/mol. The second-order valence-corrected chi connectivity index (χ2v) is 9.87. The summed E-state index contributed by atoms with van der Waals surface area (Å²) in [5.74, 6) is -1.34. The van der Waals surface area contributed by atoms with Gasteiger partial charge < -0.3 is 10.1 Å². The summed E-state index contributed by atoms with van der Waals surface area (Å²) < 4.78 is 30.1. The topological polar surface area (TPSA) is 92.8 Å². The maximum Gasteiger partial charge on any atom is 0.338 e. The summed E-state index contributed by atoms with van der Waals surface area (Å²) in [7, 11) is -3.38. The Bertz CT molecular complexity index is 1110. The quantitative estimate of drug-likeness (QED) is 0.634. The standard InChI is InChI=1S/C19H17Cl3N2O5S/c1-10(18(25)23-17-14(21)8-13(20)9-15(17)22)29-19(26)12-3-4-16-11(7-12)5-6-24(16)30(2,27)28/h3-4,7-10H,5-6H2,1-2H3,(H,23,25). The molecule has 1 unspecified atom stereocenters. The normalized spacial score (nSPS) is 14.2. The third-order valence-electron chi connectivity index (χ3n) is 4.48. The maximum absolute atomic E-state index is 12.5. The molecule has 2 aromatic carbocycles. The van der Waals surface area contributed by atoms with Gasteiger partial charge in [-0.15, -0.1) is 0 Å². The fourth-order valence-electron chi connectivity index (χ4n) is 3.01. The van der Waals surface area contributed by atoms with E-state index in [2.05, 4.69) is 5.32 Å². The molecule has 0 bridgehead atoms. The molecule has 7 nitrogen and oxygen atoms in total. The zero-order valence-electron chi connectivity index (χ0n) is 15.9. The van der Waals surface area contributed by atoms with Crippen molar-refractivity contribution in [3.8, 4) is 0 Å². The predicted octanol–water partition coefficient (Wildman–Crippen LogP) is 4.15. The molecule has 3 rings (SSSR count). The highest BCUT2D eigenvalue weighted by Gasteiger charge is 2.28. The van der Waals surface area contributed by atoms with Crippen molar-refractivity contribution in [2.75, 3.05) is 22.4 Å². The molecule has 11 heteroatoms. The number of hydrogen-bond donors (Lipinski definition) is 1. The van der Waals surface area contributed by atoms with Gasteiger partial charge in [-0.05, 0) is 49.2 Å². The van der Waals surface area contributed by atoms with E-state index in [4.69, 9.17) is 39.5 Å². The Hall–Kier alpha value is -2.00. The molecule has 1 heterocycles. The van der Waals surface area contributed by atoms with Crippen LogP contribution in [0, 0.1) is 0 Å². The number of benzene rings is 2. The molecule has 1 N–H and O–H groups in total.